The highest BCUT2D eigenvalue weighted by Crippen LogP contribution is 2.22. The summed E-state index contributed by atoms with van der Waals surface area (Å²) in [6, 6.07) is 17.7. The molecule has 0 saturated heterocycles. The van der Waals surface area contributed by atoms with Crippen molar-refractivity contribution in [1.82, 2.24) is 5.16 Å². The molecule has 0 fully saturated rings. The zero-order valence-corrected chi connectivity index (χ0v) is 11.5. The van der Waals surface area contributed by atoms with Crippen LogP contribution in [-0.4, -0.2) is 11.2 Å². The third-order valence-electron chi connectivity index (χ3n) is 2.77. The second-order valence-corrected chi connectivity index (χ2v) is 4.40. The molecule has 6 nitrogen and oxygen atoms in total. The van der Waals surface area contributed by atoms with E-state index in [4.69, 9.17) is 4.74 Å². The van der Waals surface area contributed by atoms with Crippen LogP contribution in [0.5, 0.6) is 11.5 Å². The van der Waals surface area contributed by atoms with E-state index in [0.29, 0.717) is 17.3 Å². The van der Waals surface area contributed by atoms with Crippen molar-refractivity contribution in [2.75, 3.05) is 10.6 Å². The number of carbonyl (C=O) groups excluding carboxylic acids is 1. The first-order valence-electron chi connectivity index (χ1n) is 6.61. The Morgan fingerprint density at radius 2 is 1.64 bits per heavy atom. The van der Waals surface area contributed by atoms with Gasteiger partial charge in [0.1, 0.15) is 17.8 Å². The minimum absolute atomic E-state index is 0.349. The Morgan fingerprint density at radius 3 is 2.32 bits per heavy atom. The van der Waals surface area contributed by atoms with E-state index in [0.717, 1.165) is 5.75 Å². The number of para-hydroxylation sites is 1. The summed E-state index contributed by atoms with van der Waals surface area (Å²) < 4.78 is 10.3. The molecule has 2 amide bonds. The fraction of sp³-hybridized carbons (Fsp3) is 0. The van der Waals surface area contributed by atoms with Crippen LogP contribution in [-0.2, 0) is 0 Å². The standard InChI is InChI=1S/C16H13N3O3/c20-16(18-15-10-11-21-19-15)17-12-6-8-14(9-7-12)22-13-4-2-1-3-5-13/h1-11H,(H2,17,18,19,20). The molecule has 1 heterocycles. The molecule has 0 radical (unpaired) electrons. The van der Waals surface area contributed by atoms with E-state index in [2.05, 4.69) is 20.3 Å². The van der Waals surface area contributed by atoms with E-state index in [-0.39, 0.29) is 0 Å². The van der Waals surface area contributed by atoms with Crippen LogP contribution in [0, 0.1) is 0 Å². The van der Waals surface area contributed by atoms with E-state index in [9.17, 15) is 4.79 Å². The number of nitrogens with zero attached hydrogens (tertiary/aromatic N) is 1. The van der Waals surface area contributed by atoms with Crippen LogP contribution >= 0.6 is 0 Å². The topological polar surface area (TPSA) is 76.4 Å². The smallest absolute Gasteiger partial charge is 0.324 e. The Bertz CT molecular complexity index is 725. The van der Waals surface area contributed by atoms with Crippen LogP contribution in [0.1, 0.15) is 0 Å². The molecule has 0 unspecified atom stereocenters. The van der Waals surface area contributed by atoms with Crippen LogP contribution in [0.25, 0.3) is 0 Å². The molecule has 0 atom stereocenters. The number of nitrogens with one attached hydrogen (secondary N) is 2. The molecule has 0 aliphatic rings. The van der Waals surface area contributed by atoms with Gasteiger partial charge in [0.2, 0.25) is 0 Å². The normalized spacial score (nSPS) is 10.0. The van der Waals surface area contributed by atoms with Crippen molar-refractivity contribution >= 4 is 17.5 Å². The quantitative estimate of drug-likeness (QED) is 0.759. The van der Waals surface area contributed by atoms with E-state index in [1.54, 1.807) is 30.3 Å². The first kappa shape index (κ1) is 13.7. The molecule has 3 rings (SSSR count). The summed E-state index contributed by atoms with van der Waals surface area (Å²) in [6.07, 6.45) is 1.38. The molecular formula is C16H13N3O3. The minimum Gasteiger partial charge on any atom is -0.457 e. The third-order valence-corrected chi connectivity index (χ3v) is 2.77. The van der Waals surface area contributed by atoms with Gasteiger partial charge in [-0.05, 0) is 36.4 Å². The average molecular weight is 295 g/mol. The number of carbonyl (C=O) groups is 1. The SMILES string of the molecule is O=C(Nc1ccc(Oc2ccccc2)cc1)Nc1ccon1. The highest BCUT2D eigenvalue weighted by atomic mass is 16.5. The van der Waals surface area contributed by atoms with Gasteiger partial charge in [-0.15, -0.1) is 0 Å². The summed E-state index contributed by atoms with van der Waals surface area (Å²) in [4.78, 5) is 11.7. The molecule has 2 N–H and O–H groups in total. The Hall–Kier alpha value is -3.28. The van der Waals surface area contributed by atoms with Crippen molar-refractivity contribution in [3.05, 3.63) is 66.9 Å². The Labute approximate surface area is 126 Å². The largest absolute Gasteiger partial charge is 0.457 e. The highest BCUT2D eigenvalue weighted by Gasteiger charge is 2.05. The fourth-order valence-electron chi connectivity index (χ4n) is 1.79. The van der Waals surface area contributed by atoms with Gasteiger partial charge in [0.25, 0.3) is 0 Å². The maximum atomic E-state index is 11.7. The van der Waals surface area contributed by atoms with Gasteiger partial charge in [-0.1, -0.05) is 23.4 Å². The lowest BCUT2D eigenvalue weighted by molar-refractivity contribution is 0.262. The number of hydrogen-bond donors (Lipinski definition) is 2. The first-order valence-corrected chi connectivity index (χ1v) is 6.61. The molecule has 0 bridgehead atoms. The van der Waals surface area contributed by atoms with Crippen LogP contribution < -0.4 is 15.4 Å². The summed E-state index contributed by atoms with van der Waals surface area (Å²) in [5.41, 5.74) is 0.640. The molecule has 22 heavy (non-hydrogen) atoms. The number of anilines is 2. The predicted octanol–water partition coefficient (Wildman–Crippen LogP) is 4.11. The lowest BCUT2D eigenvalue weighted by atomic mass is 10.3. The monoisotopic (exact) mass is 295 g/mol. The zero-order valence-electron chi connectivity index (χ0n) is 11.5. The predicted molar refractivity (Wildman–Crippen MR) is 82.1 cm³/mol. The van der Waals surface area contributed by atoms with Crippen molar-refractivity contribution in [2.24, 2.45) is 0 Å². The summed E-state index contributed by atoms with van der Waals surface area (Å²) in [6.45, 7) is 0. The molecule has 2 aromatic carbocycles. The summed E-state index contributed by atoms with van der Waals surface area (Å²) in [7, 11) is 0. The minimum atomic E-state index is -0.398. The number of benzene rings is 2. The summed E-state index contributed by atoms with van der Waals surface area (Å²) in [5, 5.41) is 8.81. The van der Waals surface area contributed by atoms with E-state index in [1.807, 2.05) is 30.3 Å². The van der Waals surface area contributed by atoms with Crippen molar-refractivity contribution in [1.29, 1.82) is 0 Å². The first-order chi connectivity index (χ1) is 10.8. The number of ether oxygens (including phenoxy) is 1. The summed E-state index contributed by atoms with van der Waals surface area (Å²) in [5.74, 6) is 1.79. The van der Waals surface area contributed by atoms with Crippen molar-refractivity contribution in [2.45, 2.75) is 0 Å². The van der Waals surface area contributed by atoms with Crippen LogP contribution in [0.15, 0.2) is 71.4 Å². The number of rotatable bonds is 4. The molecule has 0 aliphatic heterocycles. The Kier molecular flexibility index (Phi) is 4.01. The Balaban J connectivity index is 1.58. The molecule has 1 aromatic heterocycles. The summed E-state index contributed by atoms with van der Waals surface area (Å²) >= 11 is 0. The maximum absolute atomic E-state index is 11.7. The number of hydrogen-bond acceptors (Lipinski definition) is 4. The maximum Gasteiger partial charge on any atom is 0.324 e. The molecule has 3 aromatic rings. The number of amides is 2. The van der Waals surface area contributed by atoms with Crippen molar-refractivity contribution in [3.63, 3.8) is 0 Å². The van der Waals surface area contributed by atoms with Gasteiger partial charge >= 0.3 is 6.03 Å². The van der Waals surface area contributed by atoms with Gasteiger partial charge in [-0.3, -0.25) is 5.32 Å². The van der Waals surface area contributed by atoms with Crippen molar-refractivity contribution in [3.8, 4) is 11.5 Å². The number of aromatic nitrogens is 1. The fourth-order valence-corrected chi connectivity index (χ4v) is 1.79. The second-order valence-electron chi connectivity index (χ2n) is 4.40. The Morgan fingerprint density at radius 1 is 0.909 bits per heavy atom. The molecule has 0 aliphatic carbocycles. The van der Waals surface area contributed by atoms with Gasteiger partial charge < -0.3 is 14.6 Å². The van der Waals surface area contributed by atoms with E-state index >= 15 is 0 Å². The van der Waals surface area contributed by atoms with Gasteiger partial charge in [-0.2, -0.15) is 0 Å². The van der Waals surface area contributed by atoms with Crippen LogP contribution in [0.3, 0.4) is 0 Å². The van der Waals surface area contributed by atoms with Crippen molar-refractivity contribution < 1.29 is 14.1 Å². The average Bonchev–Trinajstić information content (AvgIpc) is 3.03. The number of urea groups is 1. The van der Waals surface area contributed by atoms with E-state index in [1.165, 1.54) is 6.26 Å². The molecule has 110 valence electrons. The van der Waals surface area contributed by atoms with E-state index < -0.39 is 6.03 Å². The van der Waals surface area contributed by atoms with Gasteiger partial charge in [0.15, 0.2) is 5.82 Å². The van der Waals surface area contributed by atoms with Gasteiger partial charge in [0.05, 0.1) is 0 Å². The highest BCUT2D eigenvalue weighted by molar-refractivity contribution is 5.99. The molecular weight excluding hydrogens is 282 g/mol. The van der Waals surface area contributed by atoms with Crippen LogP contribution in [0.2, 0.25) is 0 Å². The lowest BCUT2D eigenvalue weighted by Gasteiger charge is -2.08. The third kappa shape index (κ3) is 3.63. The second kappa shape index (κ2) is 6.45. The van der Waals surface area contributed by atoms with Crippen LogP contribution in [0.4, 0.5) is 16.3 Å². The molecule has 6 heteroatoms. The zero-order chi connectivity index (χ0) is 15.2. The van der Waals surface area contributed by atoms with Gasteiger partial charge in [-0.25, -0.2) is 4.79 Å². The lowest BCUT2D eigenvalue weighted by Crippen LogP contribution is -2.19. The molecule has 0 saturated carbocycles. The molecule has 0 spiro atoms. The van der Waals surface area contributed by atoms with Gasteiger partial charge in [0, 0.05) is 11.8 Å².